The molecule has 6 heteroatoms. The van der Waals surface area contributed by atoms with Crippen molar-refractivity contribution < 1.29 is 23.0 Å². The van der Waals surface area contributed by atoms with Crippen LogP contribution < -0.4 is 9.47 Å². The van der Waals surface area contributed by atoms with E-state index in [4.69, 9.17) is 9.47 Å². The Morgan fingerprint density at radius 3 is 2.25 bits per heavy atom. The molecule has 0 amide bonds. The molecule has 0 saturated carbocycles. The van der Waals surface area contributed by atoms with E-state index in [1.165, 1.54) is 26.4 Å². The van der Waals surface area contributed by atoms with Crippen molar-refractivity contribution in [1.82, 2.24) is 0 Å². The highest BCUT2D eigenvalue weighted by Gasteiger charge is 2.25. The minimum Gasteiger partial charge on any atom is -0.492 e. The number of methoxy groups -OCH3 is 2. The van der Waals surface area contributed by atoms with Gasteiger partial charge in [0.1, 0.15) is 0 Å². The summed E-state index contributed by atoms with van der Waals surface area (Å²) in [5, 5.41) is 0. The highest BCUT2D eigenvalue weighted by molar-refractivity contribution is 9.10. The van der Waals surface area contributed by atoms with E-state index in [0.29, 0.717) is 4.47 Å². The van der Waals surface area contributed by atoms with Crippen molar-refractivity contribution in [3.63, 3.8) is 0 Å². The molecule has 0 bridgehead atoms. The van der Waals surface area contributed by atoms with E-state index in [-0.39, 0.29) is 17.1 Å². The van der Waals surface area contributed by atoms with Crippen LogP contribution in [0.5, 0.6) is 11.5 Å². The number of alkyl halides is 2. The number of ketones is 1. The molecule has 0 N–H and O–H groups in total. The highest BCUT2D eigenvalue weighted by atomic mass is 79.9. The Balaban J connectivity index is 3.35. The maximum Gasteiger partial charge on any atom is 0.300 e. The number of hydrogen-bond donors (Lipinski definition) is 0. The number of benzene rings is 1. The van der Waals surface area contributed by atoms with Crippen molar-refractivity contribution in [1.29, 1.82) is 0 Å². The summed E-state index contributed by atoms with van der Waals surface area (Å²) in [5.41, 5.74) is -0.197. The molecule has 0 radical (unpaired) electrons. The van der Waals surface area contributed by atoms with Gasteiger partial charge in [0.25, 0.3) is 0 Å². The van der Waals surface area contributed by atoms with Gasteiger partial charge < -0.3 is 9.47 Å². The topological polar surface area (TPSA) is 35.5 Å². The molecular weight excluding hydrogens is 286 g/mol. The lowest BCUT2D eigenvalue weighted by Gasteiger charge is -2.13. The maximum atomic E-state index is 12.3. The molecule has 1 aromatic rings. The second-order valence-electron chi connectivity index (χ2n) is 2.83. The molecule has 0 atom stereocenters. The standard InChI is InChI=1S/C10H9BrF2O3/c1-15-8-5(7(14)10(12)13)3-4-6(11)9(8)16-2/h3-4,10H,1-2H3. The average molecular weight is 295 g/mol. The van der Waals surface area contributed by atoms with Gasteiger partial charge in [0.05, 0.1) is 24.3 Å². The predicted octanol–water partition coefficient (Wildman–Crippen LogP) is 2.91. The van der Waals surface area contributed by atoms with E-state index >= 15 is 0 Å². The zero-order valence-corrected chi connectivity index (χ0v) is 10.2. The minimum atomic E-state index is -3.07. The van der Waals surface area contributed by atoms with E-state index in [9.17, 15) is 13.6 Å². The van der Waals surface area contributed by atoms with Crippen LogP contribution in [0.1, 0.15) is 10.4 Å². The molecule has 0 aliphatic heterocycles. The van der Waals surface area contributed by atoms with Crippen molar-refractivity contribution in [2.45, 2.75) is 6.43 Å². The van der Waals surface area contributed by atoms with E-state index in [2.05, 4.69) is 15.9 Å². The summed E-state index contributed by atoms with van der Waals surface area (Å²) in [6.07, 6.45) is -3.07. The van der Waals surface area contributed by atoms with E-state index in [1.807, 2.05) is 0 Å². The number of carbonyl (C=O) groups is 1. The smallest absolute Gasteiger partial charge is 0.300 e. The van der Waals surface area contributed by atoms with E-state index in [1.54, 1.807) is 0 Å². The van der Waals surface area contributed by atoms with Gasteiger partial charge in [0, 0.05) is 0 Å². The fourth-order valence-corrected chi connectivity index (χ4v) is 1.72. The van der Waals surface area contributed by atoms with Gasteiger partial charge in [-0.15, -0.1) is 0 Å². The second-order valence-corrected chi connectivity index (χ2v) is 3.68. The quantitative estimate of drug-likeness (QED) is 0.801. The van der Waals surface area contributed by atoms with Crippen molar-refractivity contribution in [2.24, 2.45) is 0 Å². The van der Waals surface area contributed by atoms with Crippen molar-refractivity contribution in [3.8, 4) is 11.5 Å². The summed E-state index contributed by atoms with van der Waals surface area (Å²) in [5.74, 6) is -1.07. The summed E-state index contributed by atoms with van der Waals surface area (Å²) in [6.45, 7) is 0. The maximum absolute atomic E-state index is 12.3. The number of Topliss-reactive ketones (excluding diaryl/α,β-unsaturated/α-hetero) is 1. The molecule has 16 heavy (non-hydrogen) atoms. The lowest BCUT2D eigenvalue weighted by molar-refractivity contribution is 0.0675. The van der Waals surface area contributed by atoms with Gasteiger partial charge in [-0.1, -0.05) is 0 Å². The lowest BCUT2D eigenvalue weighted by Crippen LogP contribution is -2.12. The van der Waals surface area contributed by atoms with Crippen LogP contribution in [-0.4, -0.2) is 26.4 Å². The third kappa shape index (κ3) is 2.32. The van der Waals surface area contributed by atoms with Crippen LogP contribution in [-0.2, 0) is 0 Å². The van der Waals surface area contributed by atoms with Gasteiger partial charge in [0.15, 0.2) is 11.5 Å². The van der Waals surface area contributed by atoms with E-state index < -0.39 is 12.2 Å². The summed E-state index contributed by atoms with van der Waals surface area (Å²) < 4.78 is 35.0. The Morgan fingerprint density at radius 1 is 1.25 bits per heavy atom. The summed E-state index contributed by atoms with van der Waals surface area (Å²) in [6, 6.07) is 2.72. The van der Waals surface area contributed by atoms with Gasteiger partial charge in [0.2, 0.25) is 5.78 Å². The Labute approximate surface area is 99.5 Å². The molecule has 88 valence electrons. The zero-order chi connectivity index (χ0) is 12.3. The second kappa shape index (κ2) is 5.25. The van der Waals surface area contributed by atoms with Crippen molar-refractivity contribution in [2.75, 3.05) is 14.2 Å². The van der Waals surface area contributed by atoms with Crippen molar-refractivity contribution in [3.05, 3.63) is 22.2 Å². The Hall–Kier alpha value is -1.17. The number of ether oxygens (including phenoxy) is 2. The first-order valence-electron chi connectivity index (χ1n) is 4.25. The van der Waals surface area contributed by atoms with Crippen LogP contribution >= 0.6 is 15.9 Å². The molecule has 3 nitrogen and oxygen atoms in total. The van der Waals surface area contributed by atoms with Gasteiger partial charge >= 0.3 is 6.43 Å². The Kier molecular flexibility index (Phi) is 4.23. The molecule has 1 aromatic carbocycles. The number of hydrogen-bond acceptors (Lipinski definition) is 3. The van der Waals surface area contributed by atoms with Crippen LogP contribution in [0.15, 0.2) is 16.6 Å². The number of carbonyl (C=O) groups excluding carboxylic acids is 1. The largest absolute Gasteiger partial charge is 0.492 e. The summed E-state index contributed by atoms with van der Waals surface area (Å²) >= 11 is 3.16. The third-order valence-corrected chi connectivity index (χ3v) is 2.56. The highest BCUT2D eigenvalue weighted by Crippen LogP contribution is 2.38. The van der Waals surface area contributed by atoms with Crippen LogP contribution in [0.3, 0.4) is 0 Å². The first-order chi connectivity index (χ1) is 7.52. The Bertz CT molecular complexity index is 407. The summed E-state index contributed by atoms with van der Waals surface area (Å²) in [4.78, 5) is 11.2. The fourth-order valence-electron chi connectivity index (χ4n) is 1.24. The Morgan fingerprint density at radius 2 is 1.81 bits per heavy atom. The number of halogens is 3. The molecule has 0 saturated heterocycles. The SMILES string of the molecule is COc1c(Br)ccc(C(=O)C(F)F)c1OC. The fraction of sp³-hybridized carbons (Fsp3) is 0.300. The van der Waals surface area contributed by atoms with Crippen LogP contribution in [0.4, 0.5) is 8.78 Å². The van der Waals surface area contributed by atoms with Crippen molar-refractivity contribution >= 4 is 21.7 Å². The molecule has 0 spiro atoms. The first-order valence-corrected chi connectivity index (χ1v) is 5.05. The average Bonchev–Trinajstić information content (AvgIpc) is 2.27. The molecule has 0 heterocycles. The molecular formula is C10H9BrF2O3. The minimum absolute atomic E-state index is 0.00201. The normalized spacial score (nSPS) is 10.4. The van der Waals surface area contributed by atoms with Gasteiger partial charge in [-0.2, -0.15) is 0 Å². The molecule has 0 unspecified atom stereocenters. The molecule has 0 aliphatic rings. The lowest BCUT2D eigenvalue weighted by atomic mass is 10.1. The molecule has 0 aromatic heterocycles. The van der Waals surface area contributed by atoms with Gasteiger partial charge in [-0.25, -0.2) is 8.78 Å². The number of rotatable bonds is 4. The monoisotopic (exact) mass is 294 g/mol. The molecule has 0 fully saturated rings. The van der Waals surface area contributed by atoms with Crippen LogP contribution in [0.25, 0.3) is 0 Å². The zero-order valence-electron chi connectivity index (χ0n) is 8.59. The predicted molar refractivity (Wildman–Crippen MR) is 57.6 cm³/mol. The molecule has 1 rings (SSSR count). The van der Waals surface area contributed by atoms with E-state index in [0.717, 1.165) is 0 Å². The third-order valence-electron chi connectivity index (χ3n) is 1.94. The molecule has 0 aliphatic carbocycles. The van der Waals surface area contributed by atoms with Crippen LogP contribution in [0, 0.1) is 0 Å². The van der Waals surface area contributed by atoms with Gasteiger partial charge in [-0.05, 0) is 28.1 Å². The van der Waals surface area contributed by atoms with Crippen LogP contribution in [0.2, 0.25) is 0 Å². The van der Waals surface area contributed by atoms with Gasteiger partial charge in [-0.3, -0.25) is 4.79 Å². The summed E-state index contributed by atoms with van der Waals surface area (Å²) in [7, 11) is 2.64. The first kappa shape index (κ1) is 12.9.